The number of nitrogens with zero attached hydrogens (tertiary/aromatic N) is 3. The van der Waals surface area contributed by atoms with E-state index in [0.29, 0.717) is 0 Å². The van der Waals surface area contributed by atoms with E-state index in [4.69, 9.17) is 13.8 Å². The van der Waals surface area contributed by atoms with Crippen LogP contribution >= 0.6 is 0 Å². The molecule has 0 spiro atoms. The Morgan fingerprint density at radius 1 is 0.444 bits per heavy atom. The van der Waals surface area contributed by atoms with Crippen LogP contribution in [0, 0.1) is 0 Å². The van der Waals surface area contributed by atoms with Crippen molar-refractivity contribution in [2.75, 3.05) is 4.90 Å². The van der Waals surface area contributed by atoms with Crippen molar-refractivity contribution in [1.82, 2.24) is 9.97 Å². The summed E-state index contributed by atoms with van der Waals surface area (Å²) in [4.78, 5) is 11.5. The van der Waals surface area contributed by atoms with Crippen LogP contribution in [0.5, 0.6) is 0 Å². The van der Waals surface area contributed by atoms with Crippen LogP contribution in [-0.2, 0) is 0 Å². The first-order valence-electron chi connectivity index (χ1n) is 14.9. The summed E-state index contributed by atoms with van der Waals surface area (Å²) in [7, 11) is 0. The number of pyridine rings is 2. The molecule has 45 heavy (non-hydrogen) atoms. The number of para-hydroxylation sites is 3. The molecule has 0 N–H and O–H groups in total. The van der Waals surface area contributed by atoms with Gasteiger partial charge in [-0.3, -0.25) is 9.97 Å². The molecule has 9 rings (SSSR count). The minimum atomic E-state index is 0.802. The van der Waals surface area contributed by atoms with E-state index in [0.717, 1.165) is 83.3 Å². The molecule has 5 aromatic carbocycles. The molecule has 0 aliphatic carbocycles. The van der Waals surface area contributed by atoms with Crippen molar-refractivity contribution in [3.05, 3.63) is 152 Å². The summed E-state index contributed by atoms with van der Waals surface area (Å²) in [6.45, 7) is 0. The van der Waals surface area contributed by atoms with E-state index in [9.17, 15) is 0 Å². The van der Waals surface area contributed by atoms with Crippen LogP contribution in [0.2, 0.25) is 0 Å². The molecular formula is C40H25N3O2. The van der Waals surface area contributed by atoms with Crippen molar-refractivity contribution in [1.29, 1.82) is 0 Å². The van der Waals surface area contributed by atoms with Gasteiger partial charge in [-0.1, -0.05) is 78.9 Å². The Balaban J connectivity index is 1.11. The molecule has 4 heterocycles. The Kier molecular flexibility index (Phi) is 5.74. The Hall–Kier alpha value is -6.20. The standard InChI is InChI=1S/C40H25N3O2/c1-2-8-28(9-3-1)43(29-18-14-26(15-19-29)34-24-41-25-35-32-11-5-7-13-37(32)44-39(34)35)30-20-16-27(17-21-30)38-40-33(22-23-42-38)31-10-4-6-12-36(31)45-40/h1-25H. The molecule has 0 radical (unpaired) electrons. The molecule has 212 valence electrons. The molecule has 0 unspecified atom stereocenters. The summed E-state index contributed by atoms with van der Waals surface area (Å²) in [5, 5.41) is 4.26. The Bertz CT molecular complexity index is 2320. The maximum absolute atomic E-state index is 6.28. The first-order chi connectivity index (χ1) is 22.3. The van der Waals surface area contributed by atoms with Crippen LogP contribution in [0.4, 0.5) is 17.1 Å². The Labute approximate surface area is 258 Å². The monoisotopic (exact) mass is 579 g/mol. The lowest BCUT2D eigenvalue weighted by molar-refractivity contribution is 0.668. The summed E-state index contributed by atoms with van der Waals surface area (Å²) in [6, 6.07) is 45.7. The van der Waals surface area contributed by atoms with E-state index < -0.39 is 0 Å². The number of benzene rings is 5. The topological polar surface area (TPSA) is 55.3 Å². The van der Waals surface area contributed by atoms with Crippen molar-refractivity contribution in [2.24, 2.45) is 0 Å². The summed E-state index contributed by atoms with van der Waals surface area (Å²) in [5.74, 6) is 0. The maximum atomic E-state index is 6.28. The van der Waals surface area contributed by atoms with Crippen LogP contribution in [0.1, 0.15) is 0 Å². The van der Waals surface area contributed by atoms with E-state index in [-0.39, 0.29) is 0 Å². The second-order valence-electron chi connectivity index (χ2n) is 11.1. The van der Waals surface area contributed by atoms with Crippen molar-refractivity contribution in [3.63, 3.8) is 0 Å². The SMILES string of the molecule is c1ccc(N(c2ccc(-c3cncc4c3oc3ccccc34)cc2)c2ccc(-c3nccc4c3oc3ccccc34)cc2)cc1. The van der Waals surface area contributed by atoms with Crippen molar-refractivity contribution in [2.45, 2.75) is 0 Å². The number of hydrogen-bond donors (Lipinski definition) is 0. The first kappa shape index (κ1) is 25.3. The van der Waals surface area contributed by atoms with Gasteiger partial charge in [-0.05, 0) is 60.2 Å². The maximum Gasteiger partial charge on any atom is 0.161 e. The van der Waals surface area contributed by atoms with Gasteiger partial charge in [0.05, 0.1) is 0 Å². The number of fused-ring (bicyclic) bond motifs is 6. The van der Waals surface area contributed by atoms with Crippen LogP contribution in [-0.4, -0.2) is 9.97 Å². The Morgan fingerprint density at radius 3 is 1.73 bits per heavy atom. The molecule has 0 atom stereocenters. The van der Waals surface area contributed by atoms with E-state index in [2.05, 4.69) is 94.8 Å². The molecule has 9 aromatic rings. The van der Waals surface area contributed by atoms with Gasteiger partial charge in [0.2, 0.25) is 0 Å². The largest absolute Gasteiger partial charge is 0.455 e. The minimum Gasteiger partial charge on any atom is -0.455 e. The molecular weight excluding hydrogens is 554 g/mol. The van der Waals surface area contributed by atoms with Crippen molar-refractivity contribution >= 4 is 60.9 Å². The average Bonchev–Trinajstić information content (AvgIpc) is 3.68. The molecule has 0 aliphatic rings. The van der Waals surface area contributed by atoms with E-state index in [1.807, 2.05) is 67.1 Å². The summed E-state index contributed by atoms with van der Waals surface area (Å²) >= 11 is 0. The molecule has 0 saturated heterocycles. The average molecular weight is 580 g/mol. The number of aromatic nitrogens is 2. The normalized spacial score (nSPS) is 11.6. The van der Waals surface area contributed by atoms with Gasteiger partial charge in [-0.25, -0.2) is 0 Å². The van der Waals surface area contributed by atoms with Gasteiger partial charge in [-0.2, -0.15) is 0 Å². The summed E-state index contributed by atoms with van der Waals surface area (Å²) in [6.07, 6.45) is 5.61. The van der Waals surface area contributed by atoms with Gasteiger partial charge < -0.3 is 13.7 Å². The fraction of sp³-hybridized carbons (Fsp3) is 0. The fourth-order valence-electron chi connectivity index (χ4n) is 6.28. The zero-order valence-corrected chi connectivity index (χ0v) is 24.1. The highest BCUT2D eigenvalue weighted by Gasteiger charge is 2.17. The lowest BCUT2D eigenvalue weighted by Gasteiger charge is -2.25. The predicted molar refractivity (Wildman–Crippen MR) is 182 cm³/mol. The van der Waals surface area contributed by atoms with Gasteiger partial charge in [0, 0.05) is 68.3 Å². The fourth-order valence-corrected chi connectivity index (χ4v) is 6.28. The lowest BCUT2D eigenvalue weighted by atomic mass is 10.0. The number of anilines is 3. The second kappa shape index (κ2) is 10.2. The van der Waals surface area contributed by atoms with Crippen LogP contribution in [0.15, 0.2) is 161 Å². The highest BCUT2D eigenvalue weighted by atomic mass is 16.3. The first-order valence-corrected chi connectivity index (χ1v) is 14.9. The third kappa shape index (κ3) is 4.17. The van der Waals surface area contributed by atoms with Crippen molar-refractivity contribution < 1.29 is 8.83 Å². The zero-order valence-electron chi connectivity index (χ0n) is 24.1. The minimum absolute atomic E-state index is 0.802. The number of hydrogen-bond acceptors (Lipinski definition) is 5. The smallest absolute Gasteiger partial charge is 0.161 e. The van der Waals surface area contributed by atoms with E-state index in [1.54, 1.807) is 0 Å². The third-order valence-electron chi connectivity index (χ3n) is 8.43. The highest BCUT2D eigenvalue weighted by molar-refractivity contribution is 6.09. The third-order valence-corrected chi connectivity index (χ3v) is 8.43. The Morgan fingerprint density at radius 2 is 1.02 bits per heavy atom. The predicted octanol–water partition coefficient (Wildman–Crippen LogP) is 11.1. The van der Waals surface area contributed by atoms with Crippen LogP contribution < -0.4 is 4.90 Å². The van der Waals surface area contributed by atoms with Gasteiger partial charge >= 0.3 is 0 Å². The molecule has 0 aliphatic heterocycles. The molecule has 5 heteroatoms. The van der Waals surface area contributed by atoms with Crippen molar-refractivity contribution in [3.8, 4) is 22.4 Å². The molecule has 4 aromatic heterocycles. The second-order valence-corrected chi connectivity index (χ2v) is 11.1. The molecule has 0 amide bonds. The molecule has 5 nitrogen and oxygen atoms in total. The molecule has 0 fully saturated rings. The molecule has 0 saturated carbocycles. The lowest BCUT2D eigenvalue weighted by Crippen LogP contribution is -2.09. The van der Waals surface area contributed by atoms with Crippen LogP contribution in [0.25, 0.3) is 66.3 Å². The summed E-state index contributed by atoms with van der Waals surface area (Å²) in [5.41, 5.74) is 10.4. The number of furan rings is 2. The zero-order chi connectivity index (χ0) is 29.7. The van der Waals surface area contributed by atoms with Gasteiger partial charge in [0.25, 0.3) is 0 Å². The quantitative estimate of drug-likeness (QED) is 0.203. The van der Waals surface area contributed by atoms with E-state index >= 15 is 0 Å². The molecule has 0 bridgehead atoms. The van der Waals surface area contributed by atoms with Crippen LogP contribution in [0.3, 0.4) is 0 Å². The van der Waals surface area contributed by atoms with Gasteiger partial charge in [-0.15, -0.1) is 0 Å². The van der Waals surface area contributed by atoms with E-state index in [1.165, 1.54) is 0 Å². The highest BCUT2D eigenvalue weighted by Crippen LogP contribution is 2.40. The number of rotatable bonds is 5. The van der Waals surface area contributed by atoms with Gasteiger partial charge in [0.15, 0.2) is 5.58 Å². The van der Waals surface area contributed by atoms with Gasteiger partial charge in [0.1, 0.15) is 22.4 Å². The summed E-state index contributed by atoms with van der Waals surface area (Å²) < 4.78 is 12.5.